The molecule has 0 bridgehead atoms. The summed E-state index contributed by atoms with van der Waals surface area (Å²) < 4.78 is 0.766. The number of carbonyl (C=O) groups is 2. The lowest BCUT2D eigenvalue weighted by atomic mass is 10.1. The highest BCUT2D eigenvalue weighted by Gasteiger charge is 2.24. The van der Waals surface area contributed by atoms with E-state index in [0.717, 1.165) is 10.0 Å². The van der Waals surface area contributed by atoms with Gasteiger partial charge in [0.2, 0.25) is 11.8 Å². The first-order valence-electron chi connectivity index (χ1n) is 5.63. The smallest absolute Gasteiger partial charge is 0.240 e. The number of fused-ring (bicyclic) bond motifs is 1. The predicted molar refractivity (Wildman–Crippen MR) is 73.5 cm³/mol. The fourth-order valence-corrected chi connectivity index (χ4v) is 2.63. The van der Waals surface area contributed by atoms with E-state index >= 15 is 0 Å². The van der Waals surface area contributed by atoms with E-state index in [-0.39, 0.29) is 24.8 Å². The van der Waals surface area contributed by atoms with Crippen molar-refractivity contribution in [1.29, 1.82) is 0 Å². The van der Waals surface area contributed by atoms with Gasteiger partial charge in [-0.2, -0.15) is 0 Å². The number of aryl methyl sites for hydroxylation is 1. The van der Waals surface area contributed by atoms with Crippen LogP contribution in [0.5, 0.6) is 0 Å². The monoisotopic (exact) mass is 311 g/mol. The molecule has 0 unspecified atom stereocenters. The van der Waals surface area contributed by atoms with Gasteiger partial charge in [-0.15, -0.1) is 0 Å². The molecule has 1 aromatic carbocycles. The number of benzene rings is 1. The van der Waals surface area contributed by atoms with Gasteiger partial charge in [0.25, 0.3) is 0 Å². The van der Waals surface area contributed by atoms with Gasteiger partial charge >= 0.3 is 0 Å². The van der Waals surface area contributed by atoms with E-state index in [1.807, 2.05) is 19.1 Å². The summed E-state index contributed by atoms with van der Waals surface area (Å²) in [5.41, 5.74) is 7.75. The van der Waals surface area contributed by atoms with Crippen LogP contribution < -0.4 is 16.0 Å². The van der Waals surface area contributed by atoms with E-state index in [0.29, 0.717) is 17.9 Å². The van der Waals surface area contributed by atoms with E-state index in [2.05, 4.69) is 21.2 Å². The Hall–Kier alpha value is -1.40. The summed E-state index contributed by atoms with van der Waals surface area (Å²) in [5, 5.41) is 2.81. The number of nitrogens with one attached hydrogen (secondary N) is 1. The van der Waals surface area contributed by atoms with Crippen LogP contribution in [0.15, 0.2) is 16.6 Å². The number of amides is 2. The topological polar surface area (TPSA) is 75.4 Å². The molecule has 0 aliphatic carbocycles. The average molecular weight is 312 g/mol. The second-order valence-corrected chi connectivity index (χ2v) is 5.04. The van der Waals surface area contributed by atoms with Crippen molar-refractivity contribution >= 4 is 39.1 Å². The van der Waals surface area contributed by atoms with E-state index in [4.69, 9.17) is 5.73 Å². The molecule has 2 amide bonds. The van der Waals surface area contributed by atoms with Crippen molar-refractivity contribution in [2.75, 3.05) is 23.3 Å². The Bertz CT molecular complexity index is 516. The van der Waals surface area contributed by atoms with Crippen molar-refractivity contribution in [2.24, 2.45) is 5.73 Å². The Kier molecular flexibility index (Phi) is 3.68. The Morgan fingerprint density at radius 2 is 2.28 bits per heavy atom. The van der Waals surface area contributed by atoms with Crippen LogP contribution in [0.25, 0.3) is 0 Å². The van der Waals surface area contributed by atoms with Crippen molar-refractivity contribution in [2.45, 2.75) is 13.3 Å². The zero-order valence-corrected chi connectivity index (χ0v) is 11.6. The number of rotatable bonds is 1. The molecular formula is C12H14BrN3O2. The second-order valence-electron chi connectivity index (χ2n) is 4.19. The third-order valence-corrected chi connectivity index (χ3v) is 3.43. The highest BCUT2D eigenvalue weighted by Crippen LogP contribution is 2.36. The summed E-state index contributed by atoms with van der Waals surface area (Å²) in [4.78, 5) is 25.1. The lowest BCUT2D eigenvalue weighted by Crippen LogP contribution is -2.36. The second kappa shape index (κ2) is 5.07. The van der Waals surface area contributed by atoms with Gasteiger partial charge in [-0.05, 0) is 40.5 Å². The zero-order valence-electron chi connectivity index (χ0n) is 10.00. The van der Waals surface area contributed by atoms with E-state index < -0.39 is 0 Å². The molecule has 0 radical (unpaired) electrons. The van der Waals surface area contributed by atoms with Gasteiger partial charge in [-0.3, -0.25) is 9.59 Å². The summed E-state index contributed by atoms with van der Waals surface area (Å²) >= 11 is 3.41. The molecule has 2 rings (SSSR count). The minimum atomic E-state index is -0.190. The Morgan fingerprint density at radius 3 is 2.94 bits per heavy atom. The van der Waals surface area contributed by atoms with Crippen LogP contribution in [0.4, 0.5) is 11.4 Å². The van der Waals surface area contributed by atoms with E-state index in [1.165, 1.54) is 0 Å². The maximum absolute atomic E-state index is 11.9. The number of nitrogens with two attached hydrogens (primary N) is 1. The Morgan fingerprint density at radius 1 is 1.56 bits per heavy atom. The minimum absolute atomic E-state index is 0.0702. The Labute approximate surface area is 113 Å². The maximum atomic E-state index is 11.9. The van der Waals surface area contributed by atoms with E-state index in [1.54, 1.807) is 4.90 Å². The predicted octanol–water partition coefficient (Wildman–Crippen LogP) is 1.39. The average Bonchev–Trinajstić information content (AvgIpc) is 2.48. The first-order chi connectivity index (χ1) is 8.52. The standard InChI is InChI=1S/C12H14BrN3O2/c1-7-4-8(13)12-9(5-7)16(11(18)6-14)3-2-10(17)15-12/h4-5H,2-3,6,14H2,1H3,(H,15,17). The molecule has 96 valence electrons. The minimum Gasteiger partial charge on any atom is -0.323 e. The SMILES string of the molecule is Cc1cc(Br)c2c(c1)N(C(=O)CN)CCC(=O)N2. The number of hydrogen-bond donors (Lipinski definition) is 2. The molecular weight excluding hydrogens is 298 g/mol. The fourth-order valence-electron chi connectivity index (χ4n) is 1.97. The molecule has 0 saturated carbocycles. The number of nitrogens with zero attached hydrogens (tertiary/aromatic N) is 1. The molecule has 1 aliphatic rings. The lowest BCUT2D eigenvalue weighted by Gasteiger charge is -2.22. The quantitative estimate of drug-likeness (QED) is 0.823. The van der Waals surface area contributed by atoms with Crippen LogP contribution in [0.3, 0.4) is 0 Å². The van der Waals surface area contributed by atoms with E-state index in [9.17, 15) is 9.59 Å². The summed E-state index contributed by atoms with van der Waals surface area (Å²) in [7, 11) is 0. The van der Waals surface area contributed by atoms with Crippen LogP contribution in [0.1, 0.15) is 12.0 Å². The third kappa shape index (κ3) is 2.39. The van der Waals surface area contributed by atoms with Gasteiger partial charge in [0.05, 0.1) is 17.9 Å². The molecule has 0 saturated heterocycles. The first-order valence-corrected chi connectivity index (χ1v) is 6.42. The van der Waals surface area contributed by atoms with Crippen LogP contribution in [-0.4, -0.2) is 24.9 Å². The number of halogens is 1. The van der Waals surface area contributed by atoms with Gasteiger partial charge in [0.15, 0.2) is 0 Å². The van der Waals surface area contributed by atoms with Crippen molar-refractivity contribution in [1.82, 2.24) is 0 Å². The van der Waals surface area contributed by atoms with Crippen LogP contribution in [-0.2, 0) is 9.59 Å². The molecule has 5 nitrogen and oxygen atoms in total. The fraction of sp³-hybridized carbons (Fsp3) is 0.333. The molecule has 6 heteroatoms. The van der Waals surface area contributed by atoms with Crippen LogP contribution in [0, 0.1) is 6.92 Å². The van der Waals surface area contributed by atoms with Gasteiger partial charge in [0.1, 0.15) is 0 Å². The Balaban J connectivity index is 2.56. The molecule has 1 heterocycles. The number of hydrogen-bond acceptors (Lipinski definition) is 3. The summed E-state index contributed by atoms with van der Waals surface area (Å²) in [6, 6.07) is 3.77. The number of anilines is 2. The molecule has 1 aromatic rings. The normalized spacial score (nSPS) is 14.8. The van der Waals surface area contributed by atoms with Gasteiger partial charge in [0, 0.05) is 17.4 Å². The molecule has 0 aromatic heterocycles. The van der Waals surface area contributed by atoms with Crippen molar-refractivity contribution in [3.05, 3.63) is 22.2 Å². The maximum Gasteiger partial charge on any atom is 0.240 e. The molecule has 0 spiro atoms. The highest BCUT2D eigenvalue weighted by molar-refractivity contribution is 9.10. The van der Waals surface area contributed by atoms with Gasteiger partial charge in [-0.1, -0.05) is 0 Å². The number of carbonyl (C=O) groups excluding carboxylic acids is 2. The van der Waals surface area contributed by atoms with Crippen LogP contribution in [0.2, 0.25) is 0 Å². The highest BCUT2D eigenvalue weighted by atomic mass is 79.9. The molecule has 3 N–H and O–H groups in total. The van der Waals surface area contributed by atoms with Gasteiger partial charge < -0.3 is 16.0 Å². The summed E-state index contributed by atoms with van der Waals surface area (Å²) in [6.07, 6.45) is 0.270. The van der Waals surface area contributed by atoms with Crippen LogP contribution >= 0.6 is 15.9 Å². The zero-order chi connectivity index (χ0) is 13.3. The van der Waals surface area contributed by atoms with Crippen molar-refractivity contribution in [3.63, 3.8) is 0 Å². The summed E-state index contributed by atoms with van der Waals surface area (Å²) in [6.45, 7) is 2.22. The molecule has 0 fully saturated rings. The molecule has 1 aliphatic heterocycles. The largest absolute Gasteiger partial charge is 0.323 e. The van der Waals surface area contributed by atoms with Gasteiger partial charge in [-0.25, -0.2) is 0 Å². The lowest BCUT2D eigenvalue weighted by molar-refractivity contribution is -0.117. The van der Waals surface area contributed by atoms with Crippen molar-refractivity contribution < 1.29 is 9.59 Å². The molecule has 18 heavy (non-hydrogen) atoms. The van der Waals surface area contributed by atoms with Crippen molar-refractivity contribution in [3.8, 4) is 0 Å². The third-order valence-electron chi connectivity index (χ3n) is 2.81. The molecule has 0 atom stereocenters. The summed E-state index contributed by atoms with van der Waals surface area (Å²) in [5.74, 6) is -0.293. The first kappa shape index (κ1) is 13.0.